The summed E-state index contributed by atoms with van der Waals surface area (Å²) in [5.41, 5.74) is 7.15. The summed E-state index contributed by atoms with van der Waals surface area (Å²) in [5, 5.41) is 2.63. The molecule has 0 fully saturated rings. The minimum Gasteiger partial charge on any atom is -0.488 e. The van der Waals surface area contributed by atoms with Crippen molar-refractivity contribution in [3.8, 4) is 5.75 Å². The fourth-order valence-electron chi connectivity index (χ4n) is 2.74. The first-order valence-electron chi connectivity index (χ1n) is 9.61. The zero-order chi connectivity index (χ0) is 22.2. The van der Waals surface area contributed by atoms with Crippen molar-refractivity contribution in [2.24, 2.45) is 5.73 Å². The van der Waals surface area contributed by atoms with Crippen molar-refractivity contribution < 1.29 is 23.9 Å². The van der Waals surface area contributed by atoms with Gasteiger partial charge in [0.25, 0.3) is 5.91 Å². The third-order valence-corrected chi connectivity index (χ3v) is 4.43. The molecule has 3 rings (SSSR count). The minimum absolute atomic E-state index is 0.226. The third kappa shape index (κ3) is 5.93. The highest BCUT2D eigenvalue weighted by Gasteiger charge is 2.21. The quantitative estimate of drug-likeness (QED) is 0.544. The van der Waals surface area contributed by atoms with Gasteiger partial charge in [0.05, 0.1) is 0 Å². The van der Waals surface area contributed by atoms with Crippen molar-refractivity contribution in [1.29, 1.82) is 0 Å². The molecule has 158 valence electrons. The minimum atomic E-state index is -1.05. The monoisotopic (exact) mass is 418 g/mol. The molecule has 0 aliphatic heterocycles. The Morgan fingerprint density at radius 1 is 0.903 bits per heavy atom. The molecule has 31 heavy (non-hydrogen) atoms. The summed E-state index contributed by atoms with van der Waals surface area (Å²) < 4.78 is 11.1. The molecule has 7 heteroatoms. The molecular formula is C24H22N2O5. The number of carbonyl (C=O) groups is 3. The number of hydrogen-bond acceptors (Lipinski definition) is 5. The lowest BCUT2D eigenvalue weighted by atomic mass is 10.2. The largest absolute Gasteiger partial charge is 0.488 e. The van der Waals surface area contributed by atoms with Gasteiger partial charge >= 0.3 is 5.97 Å². The van der Waals surface area contributed by atoms with Gasteiger partial charge in [0.2, 0.25) is 5.91 Å². The normalized spacial score (nSPS) is 11.3. The Morgan fingerprint density at radius 2 is 1.55 bits per heavy atom. The number of benzene rings is 3. The highest BCUT2D eigenvalue weighted by molar-refractivity contribution is 5.99. The Labute approximate surface area is 179 Å². The molecule has 0 saturated carbocycles. The molecule has 3 N–H and O–H groups in total. The fraction of sp³-hybridized carbons (Fsp3) is 0.125. The van der Waals surface area contributed by atoms with Crippen molar-refractivity contribution >= 4 is 23.5 Å². The summed E-state index contributed by atoms with van der Waals surface area (Å²) in [4.78, 5) is 36.1. The highest BCUT2D eigenvalue weighted by atomic mass is 16.5. The first-order chi connectivity index (χ1) is 14.9. The average molecular weight is 418 g/mol. The van der Waals surface area contributed by atoms with Crippen LogP contribution in [0.1, 0.15) is 33.2 Å². The summed E-state index contributed by atoms with van der Waals surface area (Å²) in [6.45, 7) is 1.76. The number of esters is 1. The number of ether oxygens (including phenoxy) is 2. The molecule has 0 bridgehead atoms. The van der Waals surface area contributed by atoms with Crippen LogP contribution in [0, 0.1) is 0 Å². The van der Waals surface area contributed by atoms with E-state index in [1.165, 1.54) is 19.1 Å². The van der Waals surface area contributed by atoms with Gasteiger partial charge in [0.15, 0.2) is 6.10 Å². The summed E-state index contributed by atoms with van der Waals surface area (Å²) >= 11 is 0. The van der Waals surface area contributed by atoms with Gasteiger partial charge in [-0.2, -0.15) is 0 Å². The van der Waals surface area contributed by atoms with Gasteiger partial charge < -0.3 is 20.5 Å². The van der Waals surface area contributed by atoms with E-state index in [-0.39, 0.29) is 5.56 Å². The number of nitrogens with one attached hydrogen (secondary N) is 1. The van der Waals surface area contributed by atoms with E-state index in [2.05, 4.69) is 5.32 Å². The topological polar surface area (TPSA) is 108 Å². The standard InChI is InChI=1S/C24H22N2O5/c1-16(23(28)26-19-13-11-18(12-14-19)22(25)27)31-24(29)20-9-5-6-10-21(20)30-15-17-7-3-2-4-8-17/h2-14,16H,15H2,1H3,(H2,25,27)(H,26,28)/t16-/m0/s1. The third-order valence-electron chi connectivity index (χ3n) is 4.43. The van der Waals surface area contributed by atoms with Crippen molar-refractivity contribution in [3.63, 3.8) is 0 Å². The maximum absolute atomic E-state index is 12.6. The van der Waals surface area contributed by atoms with Crippen LogP contribution in [-0.2, 0) is 16.1 Å². The van der Waals surface area contributed by atoms with Gasteiger partial charge in [0.1, 0.15) is 17.9 Å². The SMILES string of the molecule is C[C@H](OC(=O)c1ccccc1OCc1ccccc1)C(=O)Nc1ccc(C(N)=O)cc1. The number of hydrogen-bond donors (Lipinski definition) is 2. The van der Waals surface area contributed by atoms with Crippen LogP contribution < -0.4 is 15.8 Å². The van der Waals surface area contributed by atoms with Gasteiger partial charge in [-0.25, -0.2) is 4.79 Å². The molecular weight excluding hydrogens is 396 g/mol. The van der Waals surface area contributed by atoms with Crippen LogP contribution in [0.3, 0.4) is 0 Å². The van der Waals surface area contributed by atoms with Crippen molar-refractivity contribution in [2.45, 2.75) is 19.6 Å². The molecule has 0 saturated heterocycles. The molecule has 0 aliphatic rings. The maximum Gasteiger partial charge on any atom is 0.342 e. The van der Waals surface area contributed by atoms with Gasteiger partial charge in [-0.05, 0) is 48.9 Å². The number of carbonyl (C=O) groups excluding carboxylic acids is 3. The zero-order valence-electron chi connectivity index (χ0n) is 16.9. The van der Waals surface area contributed by atoms with Crippen LogP contribution in [-0.4, -0.2) is 23.9 Å². The second kappa shape index (κ2) is 10.1. The summed E-state index contributed by atoms with van der Waals surface area (Å²) in [5.74, 6) is -1.38. The molecule has 0 spiro atoms. The van der Waals surface area contributed by atoms with Crippen LogP contribution in [0.15, 0.2) is 78.9 Å². The van der Waals surface area contributed by atoms with Crippen LogP contribution in [0.5, 0.6) is 5.75 Å². The number of rotatable bonds is 8. The lowest BCUT2D eigenvalue weighted by molar-refractivity contribution is -0.123. The maximum atomic E-state index is 12.6. The van der Waals surface area contributed by atoms with Gasteiger partial charge in [0, 0.05) is 11.3 Å². The molecule has 0 radical (unpaired) electrons. The van der Waals surface area contributed by atoms with Gasteiger partial charge in [-0.1, -0.05) is 42.5 Å². The van der Waals surface area contributed by atoms with Crippen LogP contribution in [0.25, 0.3) is 0 Å². The second-order valence-corrected chi connectivity index (χ2v) is 6.75. The first-order valence-corrected chi connectivity index (χ1v) is 9.61. The highest BCUT2D eigenvalue weighted by Crippen LogP contribution is 2.21. The molecule has 3 aromatic rings. The van der Waals surface area contributed by atoms with Crippen molar-refractivity contribution in [3.05, 3.63) is 95.6 Å². The predicted molar refractivity (Wildman–Crippen MR) is 116 cm³/mol. The Kier molecular flexibility index (Phi) is 7.01. The fourth-order valence-corrected chi connectivity index (χ4v) is 2.74. The van der Waals surface area contributed by atoms with Gasteiger partial charge in [-0.15, -0.1) is 0 Å². The molecule has 7 nitrogen and oxygen atoms in total. The molecule has 0 aliphatic carbocycles. The zero-order valence-corrected chi connectivity index (χ0v) is 16.9. The summed E-state index contributed by atoms with van der Waals surface area (Å²) in [6, 6.07) is 22.3. The smallest absolute Gasteiger partial charge is 0.342 e. The first kappa shape index (κ1) is 21.6. The summed E-state index contributed by atoms with van der Waals surface area (Å²) in [7, 11) is 0. The Balaban J connectivity index is 1.61. The average Bonchev–Trinajstić information content (AvgIpc) is 2.78. The number of amides is 2. The van der Waals surface area contributed by atoms with Crippen molar-refractivity contribution in [1.82, 2.24) is 0 Å². The molecule has 0 unspecified atom stereocenters. The number of anilines is 1. The summed E-state index contributed by atoms with van der Waals surface area (Å²) in [6.07, 6.45) is -1.05. The molecule has 0 aromatic heterocycles. The molecule has 3 aromatic carbocycles. The number of nitrogens with two attached hydrogens (primary N) is 1. The Morgan fingerprint density at radius 3 is 2.23 bits per heavy atom. The van der Waals surface area contributed by atoms with E-state index in [1.54, 1.807) is 36.4 Å². The van der Waals surface area contributed by atoms with E-state index in [0.717, 1.165) is 5.56 Å². The van der Waals surface area contributed by atoms with E-state index in [9.17, 15) is 14.4 Å². The second-order valence-electron chi connectivity index (χ2n) is 6.75. The Bertz CT molecular complexity index is 1060. The lowest BCUT2D eigenvalue weighted by Gasteiger charge is -2.15. The predicted octanol–water partition coefficient (Wildman–Crippen LogP) is 3.55. The van der Waals surface area contributed by atoms with Crippen molar-refractivity contribution in [2.75, 3.05) is 5.32 Å². The lowest BCUT2D eigenvalue weighted by Crippen LogP contribution is -2.30. The molecule has 0 heterocycles. The Hall–Kier alpha value is -4.13. The van der Waals surface area contributed by atoms with Crippen LogP contribution >= 0.6 is 0 Å². The molecule has 2 amide bonds. The van der Waals surface area contributed by atoms with Crippen LogP contribution in [0.2, 0.25) is 0 Å². The van der Waals surface area contributed by atoms with Gasteiger partial charge in [-0.3, -0.25) is 9.59 Å². The van der Waals surface area contributed by atoms with E-state index in [1.807, 2.05) is 30.3 Å². The number of para-hydroxylation sites is 1. The van der Waals surface area contributed by atoms with E-state index in [4.69, 9.17) is 15.2 Å². The number of primary amides is 1. The van der Waals surface area contributed by atoms with E-state index in [0.29, 0.717) is 23.6 Å². The van der Waals surface area contributed by atoms with E-state index < -0.39 is 23.9 Å². The molecule has 1 atom stereocenters. The van der Waals surface area contributed by atoms with E-state index >= 15 is 0 Å². The van der Waals surface area contributed by atoms with Crippen LogP contribution in [0.4, 0.5) is 5.69 Å².